The van der Waals surface area contributed by atoms with Crippen LogP contribution >= 0.6 is 0 Å². The van der Waals surface area contributed by atoms with E-state index in [-0.39, 0.29) is 11.4 Å². The summed E-state index contributed by atoms with van der Waals surface area (Å²) in [6.45, 7) is 0. The summed E-state index contributed by atoms with van der Waals surface area (Å²) in [5.74, 6) is -0.603. The third-order valence-corrected chi connectivity index (χ3v) is 2.51. The molecule has 0 atom stereocenters. The van der Waals surface area contributed by atoms with Crippen molar-refractivity contribution in [2.45, 2.75) is 0 Å². The second-order valence-corrected chi connectivity index (χ2v) is 4.01. The molecule has 2 aromatic carbocycles. The zero-order chi connectivity index (χ0) is 14.5. The molecule has 2 amide bonds. The van der Waals surface area contributed by atoms with Crippen molar-refractivity contribution in [2.75, 3.05) is 16.4 Å². The van der Waals surface area contributed by atoms with Crippen LogP contribution in [0.25, 0.3) is 0 Å². The highest BCUT2D eigenvalue weighted by Crippen LogP contribution is 2.16. The van der Waals surface area contributed by atoms with E-state index in [1.807, 2.05) is 6.07 Å². The van der Waals surface area contributed by atoms with Crippen LogP contribution in [0.2, 0.25) is 0 Å². The minimum atomic E-state index is -0.603. The Kier molecular flexibility index (Phi) is 3.82. The molecule has 4 N–H and O–H groups in total. The summed E-state index contributed by atoms with van der Waals surface area (Å²) >= 11 is 0. The van der Waals surface area contributed by atoms with Crippen LogP contribution in [-0.4, -0.2) is 6.03 Å². The van der Waals surface area contributed by atoms with Crippen LogP contribution in [0.5, 0.6) is 0 Å². The zero-order valence-electron chi connectivity index (χ0n) is 10.4. The summed E-state index contributed by atoms with van der Waals surface area (Å²) < 4.78 is 13.2. The first-order valence-electron chi connectivity index (χ1n) is 5.71. The molecule has 2 rings (SSSR count). The first kappa shape index (κ1) is 13.4. The van der Waals surface area contributed by atoms with Gasteiger partial charge < -0.3 is 16.4 Å². The molecule has 20 heavy (non-hydrogen) atoms. The molecule has 0 heterocycles. The van der Waals surface area contributed by atoms with Gasteiger partial charge in [-0.05, 0) is 36.4 Å². The molecule has 0 unspecified atom stereocenters. The Balaban J connectivity index is 2.05. The molecule has 100 valence electrons. The molecule has 0 aliphatic carbocycles. The van der Waals surface area contributed by atoms with Gasteiger partial charge in [0.15, 0.2) is 0 Å². The lowest BCUT2D eigenvalue weighted by molar-refractivity contribution is 0.262. The molecule has 0 radical (unpaired) electrons. The highest BCUT2D eigenvalue weighted by atomic mass is 19.1. The third kappa shape index (κ3) is 3.23. The summed E-state index contributed by atoms with van der Waals surface area (Å²) in [6.07, 6.45) is 0. The number of nitrogens with two attached hydrogens (primary N) is 1. The summed E-state index contributed by atoms with van der Waals surface area (Å²) in [5, 5.41) is 13.8. The predicted octanol–water partition coefficient (Wildman–Crippen LogP) is 2.92. The molecular formula is C14H11FN4O. The molecule has 0 bridgehead atoms. The second-order valence-electron chi connectivity index (χ2n) is 4.01. The normalized spacial score (nSPS) is 9.60. The lowest BCUT2D eigenvalue weighted by Gasteiger charge is -2.08. The van der Waals surface area contributed by atoms with Crippen molar-refractivity contribution >= 4 is 23.1 Å². The lowest BCUT2D eigenvalue weighted by Crippen LogP contribution is -2.19. The number of nitriles is 1. The molecule has 0 saturated carbocycles. The molecule has 6 heteroatoms. The Labute approximate surface area is 114 Å². The van der Waals surface area contributed by atoms with Crippen molar-refractivity contribution in [3.63, 3.8) is 0 Å². The number of anilines is 3. The molecule has 0 aliphatic rings. The van der Waals surface area contributed by atoms with Crippen LogP contribution in [0, 0.1) is 17.1 Å². The van der Waals surface area contributed by atoms with Gasteiger partial charge in [0, 0.05) is 11.4 Å². The van der Waals surface area contributed by atoms with E-state index in [0.717, 1.165) is 6.07 Å². The van der Waals surface area contributed by atoms with Crippen LogP contribution < -0.4 is 16.4 Å². The number of hydrogen-bond acceptors (Lipinski definition) is 3. The molecular weight excluding hydrogens is 259 g/mol. The molecule has 0 aliphatic heterocycles. The number of urea groups is 1. The summed E-state index contributed by atoms with van der Waals surface area (Å²) in [7, 11) is 0. The fourth-order valence-corrected chi connectivity index (χ4v) is 1.56. The van der Waals surface area contributed by atoms with Crippen molar-refractivity contribution in [1.82, 2.24) is 0 Å². The van der Waals surface area contributed by atoms with Gasteiger partial charge in [0.1, 0.15) is 5.82 Å². The van der Waals surface area contributed by atoms with Gasteiger partial charge in [0.2, 0.25) is 0 Å². The fourth-order valence-electron chi connectivity index (χ4n) is 1.56. The predicted molar refractivity (Wildman–Crippen MR) is 74.6 cm³/mol. The SMILES string of the molecule is N#Cc1cccc(NC(=O)Nc2ccc(N)c(F)c2)c1. The van der Waals surface area contributed by atoms with Gasteiger partial charge in [-0.15, -0.1) is 0 Å². The standard InChI is InChI=1S/C14H11FN4O/c15-12-7-11(4-5-13(12)17)19-14(20)18-10-3-1-2-9(6-10)8-16/h1-7H,17H2,(H2,18,19,20). The number of amides is 2. The van der Waals surface area contributed by atoms with Crippen molar-refractivity contribution in [3.05, 3.63) is 53.8 Å². The summed E-state index contributed by atoms with van der Waals surface area (Å²) in [4.78, 5) is 11.7. The minimum Gasteiger partial charge on any atom is -0.396 e. The zero-order valence-corrected chi connectivity index (χ0v) is 10.4. The van der Waals surface area contributed by atoms with Crippen molar-refractivity contribution in [1.29, 1.82) is 5.26 Å². The van der Waals surface area contributed by atoms with Crippen LogP contribution in [0.1, 0.15) is 5.56 Å². The van der Waals surface area contributed by atoms with Crippen LogP contribution in [0.3, 0.4) is 0 Å². The van der Waals surface area contributed by atoms with Gasteiger partial charge in [-0.2, -0.15) is 5.26 Å². The largest absolute Gasteiger partial charge is 0.396 e. The van der Waals surface area contributed by atoms with Gasteiger partial charge in [0.25, 0.3) is 0 Å². The van der Waals surface area contributed by atoms with Crippen molar-refractivity contribution < 1.29 is 9.18 Å². The van der Waals surface area contributed by atoms with E-state index in [0.29, 0.717) is 11.3 Å². The first-order valence-corrected chi connectivity index (χ1v) is 5.71. The van der Waals surface area contributed by atoms with Gasteiger partial charge in [-0.25, -0.2) is 9.18 Å². The van der Waals surface area contributed by atoms with Crippen molar-refractivity contribution in [3.8, 4) is 6.07 Å². The van der Waals surface area contributed by atoms with E-state index in [4.69, 9.17) is 11.0 Å². The van der Waals surface area contributed by atoms with Crippen molar-refractivity contribution in [2.24, 2.45) is 0 Å². The molecule has 0 spiro atoms. The first-order chi connectivity index (χ1) is 9.58. The van der Waals surface area contributed by atoms with E-state index < -0.39 is 11.8 Å². The van der Waals surface area contributed by atoms with Crippen LogP contribution in [-0.2, 0) is 0 Å². The molecule has 0 fully saturated rings. The highest BCUT2D eigenvalue weighted by Gasteiger charge is 2.05. The molecule has 0 saturated heterocycles. The van der Waals surface area contributed by atoms with E-state index in [1.54, 1.807) is 18.2 Å². The van der Waals surface area contributed by atoms with E-state index in [1.165, 1.54) is 18.2 Å². The highest BCUT2D eigenvalue weighted by molar-refractivity contribution is 5.99. The number of benzene rings is 2. The van der Waals surface area contributed by atoms with E-state index >= 15 is 0 Å². The second kappa shape index (κ2) is 5.71. The van der Waals surface area contributed by atoms with Gasteiger partial charge >= 0.3 is 6.03 Å². The lowest BCUT2D eigenvalue weighted by atomic mass is 10.2. The molecule has 5 nitrogen and oxygen atoms in total. The number of nitrogens with one attached hydrogen (secondary N) is 2. The molecule has 2 aromatic rings. The Morgan fingerprint density at radius 2 is 1.85 bits per heavy atom. The number of hydrogen-bond donors (Lipinski definition) is 3. The Hall–Kier alpha value is -3.07. The van der Waals surface area contributed by atoms with Crippen LogP contribution in [0.15, 0.2) is 42.5 Å². The van der Waals surface area contributed by atoms with Gasteiger partial charge in [-0.1, -0.05) is 6.07 Å². The maximum absolute atomic E-state index is 13.2. The maximum atomic E-state index is 13.2. The quantitative estimate of drug-likeness (QED) is 0.733. The average Bonchev–Trinajstić information content (AvgIpc) is 2.43. The Morgan fingerprint density at radius 3 is 2.50 bits per heavy atom. The molecule has 0 aromatic heterocycles. The number of halogens is 1. The number of carbonyl (C=O) groups is 1. The van der Waals surface area contributed by atoms with E-state index in [2.05, 4.69) is 10.6 Å². The monoisotopic (exact) mass is 270 g/mol. The number of rotatable bonds is 2. The maximum Gasteiger partial charge on any atom is 0.323 e. The minimum absolute atomic E-state index is 0.0117. The number of nitrogen functional groups attached to an aromatic ring is 1. The van der Waals surface area contributed by atoms with Gasteiger partial charge in [0.05, 0.1) is 17.3 Å². The Morgan fingerprint density at radius 1 is 1.15 bits per heavy atom. The van der Waals surface area contributed by atoms with Crippen LogP contribution in [0.4, 0.5) is 26.2 Å². The third-order valence-electron chi connectivity index (χ3n) is 2.51. The van der Waals surface area contributed by atoms with Gasteiger partial charge in [-0.3, -0.25) is 0 Å². The Bertz CT molecular complexity index is 694. The topological polar surface area (TPSA) is 90.9 Å². The average molecular weight is 270 g/mol. The number of nitrogens with zero attached hydrogens (tertiary/aromatic N) is 1. The summed E-state index contributed by atoms with van der Waals surface area (Å²) in [6, 6.07) is 11.9. The van der Waals surface area contributed by atoms with E-state index in [9.17, 15) is 9.18 Å². The summed E-state index contributed by atoms with van der Waals surface area (Å²) in [5.41, 5.74) is 6.54. The number of carbonyl (C=O) groups excluding carboxylic acids is 1. The smallest absolute Gasteiger partial charge is 0.323 e. The fraction of sp³-hybridized carbons (Fsp3) is 0.